The standard InChI is InChI=1S/C17H24N4O4S.ClH/c1-17(2)10-19(9-7-13(17)18)15(22)11-4-3-8-20(11)16(23)12-5-6-14(26-12)21(24)25;/h5-6,11,13H,3-4,7-10,18H2,1-2H3;1H. The minimum absolute atomic E-state index is 0. The van der Waals surface area contributed by atoms with Gasteiger partial charge in [-0.15, -0.1) is 12.4 Å². The van der Waals surface area contributed by atoms with E-state index >= 15 is 0 Å². The first-order valence-corrected chi connectivity index (χ1v) is 9.62. The molecule has 1 aromatic heterocycles. The zero-order valence-electron chi connectivity index (χ0n) is 15.4. The van der Waals surface area contributed by atoms with Gasteiger partial charge in [0, 0.05) is 31.7 Å². The van der Waals surface area contributed by atoms with E-state index in [1.807, 2.05) is 4.90 Å². The molecule has 2 N–H and O–H groups in total. The van der Waals surface area contributed by atoms with Gasteiger partial charge in [-0.25, -0.2) is 0 Å². The lowest BCUT2D eigenvalue weighted by Crippen LogP contribution is -2.57. The van der Waals surface area contributed by atoms with E-state index in [2.05, 4.69) is 13.8 Å². The van der Waals surface area contributed by atoms with Crippen LogP contribution in [0.5, 0.6) is 0 Å². The minimum Gasteiger partial charge on any atom is -0.340 e. The lowest BCUT2D eigenvalue weighted by molar-refractivity contribution is -0.380. The van der Waals surface area contributed by atoms with Crippen LogP contribution >= 0.6 is 23.7 Å². The molecule has 1 aromatic rings. The van der Waals surface area contributed by atoms with Gasteiger partial charge in [0.2, 0.25) is 5.91 Å². The Balaban J connectivity index is 0.00000261. The molecule has 0 spiro atoms. The van der Waals surface area contributed by atoms with Gasteiger partial charge in [-0.2, -0.15) is 0 Å². The molecular formula is C17H25ClN4O4S. The average Bonchev–Trinajstić information content (AvgIpc) is 3.25. The Morgan fingerprint density at radius 3 is 2.59 bits per heavy atom. The van der Waals surface area contributed by atoms with Crippen molar-refractivity contribution in [2.75, 3.05) is 19.6 Å². The number of likely N-dealkylation sites (tertiary alicyclic amines) is 2. The Morgan fingerprint density at radius 1 is 1.30 bits per heavy atom. The highest BCUT2D eigenvalue weighted by atomic mass is 35.5. The maximum Gasteiger partial charge on any atom is 0.324 e. The third-order valence-electron chi connectivity index (χ3n) is 5.41. The molecule has 2 atom stereocenters. The SMILES string of the molecule is CC1(C)CN(C(=O)C2CCCN2C(=O)c2ccc([N+](=O)[O-])s2)CCC1N.Cl. The number of nitrogens with zero attached hydrogens (tertiary/aromatic N) is 3. The second-order valence-electron chi connectivity index (χ2n) is 7.70. The number of carbonyl (C=O) groups is 2. The molecule has 27 heavy (non-hydrogen) atoms. The molecule has 3 rings (SSSR count). The molecule has 2 amide bonds. The Morgan fingerprint density at radius 2 is 2.00 bits per heavy atom. The Bertz CT molecular complexity index is 738. The Labute approximate surface area is 168 Å². The van der Waals surface area contributed by atoms with Crippen LogP contribution in [0.4, 0.5) is 5.00 Å². The Hall–Kier alpha value is -1.71. The lowest BCUT2D eigenvalue weighted by Gasteiger charge is -2.44. The van der Waals surface area contributed by atoms with Crippen molar-refractivity contribution in [3.8, 4) is 0 Å². The van der Waals surface area contributed by atoms with Crippen LogP contribution in [-0.2, 0) is 4.79 Å². The van der Waals surface area contributed by atoms with E-state index in [-0.39, 0.29) is 40.7 Å². The number of hydrogen-bond donors (Lipinski definition) is 1. The number of nitro groups is 1. The number of nitrogens with two attached hydrogens (primary N) is 1. The van der Waals surface area contributed by atoms with Crippen LogP contribution in [-0.4, -0.2) is 58.3 Å². The van der Waals surface area contributed by atoms with E-state index in [1.165, 1.54) is 12.1 Å². The van der Waals surface area contributed by atoms with E-state index in [0.717, 1.165) is 24.2 Å². The van der Waals surface area contributed by atoms with E-state index in [4.69, 9.17) is 5.73 Å². The summed E-state index contributed by atoms with van der Waals surface area (Å²) in [6, 6.07) is 2.36. The molecule has 2 aliphatic heterocycles. The van der Waals surface area contributed by atoms with Gasteiger partial charge in [0.15, 0.2) is 0 Å². The smallest absolute Gasteiger partial charge is 0.324 e. The van der Waals surface area contributed by atoms with E-state index < -0.39 is 11.0 Å². The largest absolute Gasteiger partial charge is 0.340 e. The van der Waals surface area contributed by atoms with Gasteiger partial charge in [-0.1, -0.05) is 25.2 Å². The fraction of sp³-hybridized carbons (Fsp3) is 0.647. The van der Waals surface area contributed by atoms with Gasteiger partial charge in [-0.3, -0.25) is 19.7 Å². The van der Waals surface area contributed by atoms with Gasteiger partial charge >= 0.3 is 5.00 Å². The van der Waals surface area contributed by atoms with Crippen LogP contribution in [0.3, 0.4) is 0 Å². The number of rotatable bonds is 3. The molecule has 2 saturated heterocycles. The van der Waals surface area contributed by atoms with Crippen molar-refractivity contribution >= 4 is 40.6 Å². The van der Waals surface area contributed by atoms with Crippen LogP contribution in [0.2, 0.25) is 0 Å². The predicted molar refractivity (Wildman–Crippen MR) is 105 cm³/mol. The first kappa shape index (κ1) is 21.6. The van der Waals surface area contributed by atoms with Crippen molar-refractivity contribution in [3.05, 3.63) is 27.1 Å². The zero-order chi connectivity index (χ0) is 19.1. The molecule has 0 saturated carbocycles. The van der Waals surface area contributed by atoms with Crippen molar-refractivity contribution in [1.29, 1.82) is 0 Å². The maximum absolute atomic E-state index is 13.0. The van der Waals surface area contributed by atoms with Crippen LogP contribution in [0, 0.1) is 15.5 Å². The van der Waals surface area contributed by atoms with Crippen LogP contribution < -0.4 is 5.73 Å². The normalized spacial score (nSPS) is 24.4. The van der Waals surface area contributed by atoms with Crippen molar-refractivity contribution < 1.29 is 14.5 Å². The lowest BCUT2D eigenvalue weighted by atomic mass is 9.79. The molecule has 150 valence electrons. The third-order valence-corrected chi connectivity index (χ3v) is 6.43. The third kappa shape index (κ3) is 4.25. The number of amides is 2. The number of hydrogen-bond acceptors (Lipinski definition) is 6. The van der Waals surface area contributed by atoms with Crippen LogP contribution in [0.1, 0.15) is 42.8 Å². The van der Waals surface area contributed by atoms with Gasteiger partial charge in [-0.05, 0) is 30.7 Å². The fourth-order valence-electron chi connectivity index (χ4n) is 3.72. The van der Waals surface area contributed by atoms with Crippen molar-refractivity contribution in [3.63, 3.8) is 0 Å². The van der Waals surface area contributed by atoms with Crippen molar-refractivity contribution in [2.45, 2.75) is 45.2 Å². The maximum atomic E-state index is 13.0. The summed E-state index contributed by atoms with van der Waals surface area (Å²) < 4.78 is 0. The predicted octanol–water partition coefficient (Wildman–Crippen LogP) is 2.27. The van der Waals surface area contributed by atoms with Crippen LogP contribution in [0.25, 0.3) is 0 Å². The molecule has 0 bridgehead atoms. The average molecular weight is 417 g/mol. The summed E-state index contributed by atoms with van der Waals surface area (Å²) >= 11 is 0.854. The molecule has 0 aliphatic carbocycles. The molecule has 3 heterocycles. The number of halogens is 1. The highest BCUT2D eigenvalue weighted by Gasteiger charge is 2.41. The summed E-state index contributed by atoms with van der Waals surface area (Å²) in [4.78, 5) is 39.8. The molecular weight excluding hydrogens is 392 g/mol. The summed E-state index contributed by atoms with van der Waals surface area (Å²) in [6.07, 6.45) is 2.13. The fourth-order valence-corrected chi connectivity index (χ4v) is 4.50. The van der Waals surface area contributed by atoms with Crippen LogP contribution in [0.15, 0.2) is 12.1 Å². The summed E-state index contributed by atoms with van der Waals surface area (Å²) in [5.41, 5.74) is 5.99. The van der Waals surface area contributed by atoms with Gasteiger partial charge < -0.3 is 15.5 Å². The first-order chi connectivity index (χ1) is 12.2. The second kappa shape index (κ2) is 8.12. The number of carbonyl (C=O) groups excluding carboxylic acids is 2. The summed E-state index contributed by atoms with van der Waals surface area (Å²) in [5.74, 6) is -0.339. The van der Waals surface area contributed by atoms with Crippen molar-refractivity contribution in [1.82, 2.24) is 9.80 Å². The molecule has 2 fully saturated rings. The molecule has 2 unspecified atom stereocenters. The van der Waals surface area contributed by atoms with Crippen molar-refractivity contribution in [2.24, 2.45) is 11.1 Å². The summed E-state index contributed by atoms with van der Waals surface area (Å²) in [7, 11) is 0. The van der Waals surface area contributed by atoms with Gasteiger partial charge in [0.25, 0.3) is 5.91 Å². The number of thiophene rings is 1. The highest BCUT2D eigenvalue weighted by Crippen LogP contribution is 2.31. The molecule has 10 heteroatoms. The van der Waals surface area contributed by atoms with E-state index in [0.29, 0.717) is 30.9 Å². The van der Waals surface area contributed by atoms with E-state index in [9.17, 15) is 19.7 Å². The molecule has 2 aliphatic rings. The topological polar surface area (TPSA) is 110 Å². The second-order valence-corrected chi connectivity index (χ2v) is 8.76. The van der Waals surface area contributed by atoms with E-state index in [1.54, 1.807) is 4.90 Å². The quantitative estimate of drug-likeness (QED) is 0.600. The van der Waals surface area contributed by atoms with Gasteiger partial charge in [0.1, 0.15) is 6.04 Å². The molecule has 8 nitrogen and oxygen atoms in total. The monoisotopic (exact) mass is 416 g/mol. The zero-order valence-corrected chi connectivity index (χ0v) is 17.1. The Kier molecular flexibility index (Phi) is 6.49. The molecule has 0 radical (unpaired) electrons. The number of piperidine rings is 1. The summed E-state index contributed by atoms with van der Waals surface area (Å²) in [6.45, 7) is 5.79. The first-order valence-electron chi connectivity index (χ1n) is 8.80. The highest BCUT2D eigenvalue weighted by molar-refractivity contribution is 7.17. The minimum atomic E-state index is -0.507. The molecule has 0 aromatic carbocycles. The summed E-state index contributed by atoms with van der Waals surface area (Å²) in [5, 5.41) is 10.8. The van der Waals surface area contributed by atoms with Gasteiger partial charge in [0.05, 0.1) is 9.80 Å².